The number of hydrogen-bond acceptors (Lipinski definition) is 4. The van der Waals surface area contributed by atoms with E-state index in [-0.39, 0.29) is 30.3 Å². The molecule has 4 fully saturated rings. The molecule has 0 heterocycles. The second kappa shape index (κ2) is 14.7. The topological polar surface area (TPSA) is 86.8 Å². The minimum Gasteiger partial charge on any atom is -0.352 e. The lowest BCUT2D eigenvalue weighted by molar-refractivity contribution is -0.140. The van der Waals surface area contributed by atoms with Gasteiger partial charge in [-0.05, 0) is 110 Å². The van der Waals surface area contributed by atoms with Crippen LogP contribution in [0.4, 0.5) is 5.69 Å². The van der Waals surface area contributed by atoms with Crippen LogP contribution in [0.15, 0.2) is 72.8 Å². The van der Waals surface area contributed by atoms with Crippen molar-refractivity contribution in [1.29, 1.82) is 0 Å². The summed E-state index contributed by atoms with van der Waals surface area (Å²) >= 11 is 13.2. The van der Waals surface area contributed by atoms with Gasteiger partial charge in [-0.3, -0.25) is 13.9 Å². The Morgan fingerprint density at radius 2 is 1.45 bits per heavy atom. The lowest BCUT2D eigenvalue weighted by Gasteiger charge is -2.57. The monoisotopic (exact) mass is 723 g/mol. The quantitative estimate of drug-likeness (QED) is 0.195. The standard InChI is InChI=1S/C39H47Cl2N3O4S/c1-4-26(2)42-38(46)36(20-27-9-6-5-7-10-27)43(24-33-34(40)11-8-12-35(33)41)37(45)25-44(49(3,47)48)32-15-13-31(14-16-32)39-21-28-17-29(22-39)19-30(18-28)23-39/h5-16,26,28-30,36H,4,17-25H2,1-3H3,(H,42,46)/t26-,28?,29?,30?,36-,39?/m0/s1. The smallest absolute Gasteiger partial charge is 0.244 e. The van der Waals surface area contributed by atoms with E-state index in [9.17, 15) is 18.0 Å². The molecular formula is C39H47Cl2N3O4S. The van der Waals surface area contributed by atoms with Crippen molar-refractivity contribution in [2.24, 2.45) is 17.8 Å². The molecule has 3 aromatic rings. The third-order valence-electron chi connectivity index (χ3n) is 11.1. The van der Waals surface area contributed by atoms with E-state index < -0.39 is 28.5 Å². The van der Waals surface area contributed by atoms with E-state index in [1.807, 2.05) is 56.3 Å². The molecule has 0 aliphatic heterocycles. The molecule has 4 saturated carbocycles. The van der Waals surface area contributed by atoms with Crippen molar-refractivity contribution in [2.45, 2.75) is 89.3 Å². The van der Waals surface area contributed by atoms with E-state index in [2.05, 4.69) is 17.4 Å². The summed E-state index contributed by atoms with van der Waals surface area (Å²) in [6, 6.07) is 21.3. The molecule has 0 radical (unpaired) electrons. The highest BCUT2D eigenvalue weighted by Crippen LogP contribution is 2.60. The molecule has 0 spiro atoms. The first-order valence-corrected chi connectivity index (χ1v) is 20.1. The van der Waals surface area contributed by atoms with Crippen LogP contribution >= 0.6 is 23.2 Å². The number of anilines is 1. The molecule has 0 saturated heterocycles. The Labute approximate surface area is 301 Å². The molecule has 7 nitrogen and oxygen atoms in total. The van der Waals surface area contributed by atoms with Crippen molar-refractivity contribution < 1.29 is 18.0 Å². The number of benzene rings is 3. The molecular weight excluding hydrogens is 677 g/mol. The van der Waals surface area contributed by atoms with Gasteiger partial charge in [0.1, 0.15) is 12.6 Å². The van der Waals surface area contributed by atoms with Crippen LogP contribution in [0.2, 0.25) is 10.0 Å². The van der Waals surface area contributed by atoms with Crippen LogP contribution in [0.1, 0.15) is 75.5 Å². The molecule has 262 valence electrons. The predicted molar refractivity (Wildman–Crippen MR) is 197 cm³/mol. The van der Waals surface area contributed by atoms with Gasteiger partial charge in [-0.1, -0.05) is 78.7 Å². The number of halogens is 2. The molecule has 4 aliphatic rings. The minimum absolute atomic E-state index is 0.0780. The highest BCUT2D eigenvalue weighted by atomic mass is 35.5. The first kappa shape index (κ1) is 35.7. The fraction of sp³-hybridized carbons (Fsp3) is 0.487. The van der Waals surface area contributed by atoms with Crippen LogP contribution in [0.3, 0.4) is 0 Å². The van der Waals surface area contributed by atoms with Gasteiger partial charge in [0.05, 0.1) is 11.9 Å². The van der Waals surface area contributed by atoms with Crippen LogP contribution < -0.4 is 9.62 Å². The Balaban J connectivity index is 1.33. The first-order valence-electron chi connectivity index (χ1n) is 17.5. The number of carbonyl (C=O) groups is 2. The second-order valence-electron chi connectivity index (χ2n) is 14.8. The summed E-state index contributed by atoms with van der Waals surface area (Å²) in [4.78, 5) is 29.9. The summed E-state index contributed by atoms with van der Waals surface area (Å²) in [6.07, 6.45) is 9.67. The SMILES string of the molecule is CC[C@H](C)NC(=O)[C@H](Cc1ccccc1)N(Cc1c(Cl)cccc1Cl)C(=O)CN(c1ccc(C23CC4CC(CC(C4)C2)C3)cc1)S(C)(=O)=O. The van der Waals surface area contributed by atoms with Crippen LogP contribution in [0.5, 0.6) is 0 Å². The van der Waals surface area contributed by atoms with E-state index in [1.54, 1.807) is 18.2 Å². The average Bonchev–Trinajstić information content (AvgIpc) is 3.05. The fourth-order valence-electron chi connectivity index (χ4n) is 8.91. The van der Waals surface area contributed by atoms with Crippen LogP contribution in [-0.2, 0) is 38.0 Å². The number of rotatable bonds is 13. The molecule has 4 bridgehead atoms. The van der Waals surface area contributed by atoms with E-state index in [4.69, 9.17) is 23.2 Å². The maximum atomic E-state index is 14.5. The van der Waals surface area contributed by atoms with Gasteiger partial charge in [0, 0.05) is 34.6 Å². The maximum absolute atomic E-state index is 14.5. The molecule has 0 aromatic heterocycles. The lowest BCUT2D eigenvalue weighted by atomic mass is 9.48. The Morgan fingerprint density at radius 3 is 1.98 bits per heavy atom. The van der Waals surface area contributed by atoms with Crippen LogP contribution in [0.25, 0.3) is 0 Å². The molecule has 0 unspecified atom stereocenters. The Morgan fingerprint density at radius 1 is 0.878 bits per heavy atom. The Hall–Kier alpha value is -3.07. The van der Waals surface area contributed by atoms with Crippen molar-refractivity contribution in [3.8, 4) is 0 Å². The third-order valence-corrected chi connectivity index (χ3v) is 13.0. The normalized spacial score (nSPS) is 23.9. The minimum atomic E-state index is -3.89. The van der Waals surface area contributed by atoms with Crippen LogP contribution in [0, 0.1) is 17.8 Å². The van der Waals surface area contributed by atoms with Crippen LogP contribution in [-0.4, -0.2) is 50.0 Å². The van der Waals surface area contributed by atoms with Gasteiger partial charge in [0.25, 0.3) is 0 Å². The number of carbonyl (C=O) groups excluding carboxylic acids is 2. The van der Waals surface area contributed by atoms with Crippen molar-refractivity contribution >= 4 is 50.7 Å². The fourth-order valence-corrected chi connectivity index (χ4v) is 10.3. The second-order valence-corrected chi connectivity index (χ2v) is 17.5. The maximum Gasteiger partial charge on any atom is 0.244 e. The number of nitrogens with zero attached hydrogens (tertiary/aromatic N) is 2. The molecule has 1 N–H and O–H groups in total. The van der Waals surface area contributed by atoms with Gasteiger partial charge in [0.15, 0.2) is 0 Å². The highest BCUT2D eigenvalue weighted by molar-refractivity contribution is 7.92. The average molecular weight is 725 g/mol. The molecule has 7 rings (SSSR count). The molecule has 49 heavy (non-hydrogen) atoms. The predicted octanol–water partition coefficient (Wildman–Crippen LogP) is 7.78. The summed E-state index contributed by atoms with van der Waals surface area (Å²) in [6.45, 7) is 3.32. The molecule has 10 heteroatoms. The van der Waals surface area contributed by atoms with E-state index in [1.165, 1.54) is 49.0 Å². The number of nitrogens with one attached hydrogen (secondary N) is 1. The van der Waals surface area contributed by atoms with Gasteiger partial charge in [-0.2, -0.15) is 0 Å². The summed E-state index contributed by atoms with van der Waals surface area (Å²) in [5, 5.41) is 3.75. The van der Waals surface area contributed by atoms with E-state index in [0.717, 1.165) is 33.9 Å². The zero-order valence-corrected chi connectivity index (χ0v) is 30.9. The largest absolute Gasteiger partial charge is 0.352 e. The summed E-state index contributed by atoms with van der Waals surface area (Å²) in [7, 11) is -3.89. The molecule has 4 aliphatic carbocycles. The molecule has 3 aromatic carbocycles. The summed E-state index contributed by atoms with van der Waals surface area (Å²) in [5.41, 5.74) is 3.20. The van der Waals surface area contributed by atoms with Gasteiger partial charge in [-0.15, -0.1) is 0 Å². The van der Waals surface area contributed by atoms with Gasteiger partial charge in [-0.25, -0.2) is 8.42 Å². The van der Waals surface area contributed by atoms with Crippen molar-refractivity contribution in [1.82, 2.24) is 10.2 Å². The van der Waals surface area contributed by atoms with Crippen molar-refractivity contribution in [3.05, 3.63) is 99.5 Å². The number of amides is 2. The van der Waals surface area contributed by atoms with Gasteiger partial charge >= 0.3 is 0 Å². The zero-order valence-electron chi connectivity index (χ0n) is 28.6. The zero-order chi connectivity index (χ0) is 34.9. The van der Waals surface area contributed by atoms with Crippen molar-refractivity contribution in [2.75, 3.05) is 17.1 Å². The van der Waals surface area contributed by atoms with Crippen molar-refractivity contribution in [3.63, 3.8) is 0 Å². The summed E-state index contributed by atoms with van der Waals surface area (Å²) in [5.74, 6) is 1.49. The Bertz CT molecular complexity index is 1710. The Kier molecular flexibility index (Phi) is 10.7. The number of sulfonamides is 1. The first-order chi connectivity index (χ1) is 23.3. The number of hydrogen-bond donors (Lipinski definition) is 1. The molecule has 2 atom stereocenters. The van der Waals surface area contributed by atoms with Gasteiger partial charge in [0.2, 0.25) is 21.8 Å². The highest BCUT2D eigenvalue weighted by Gasteiger charge is 2.51. The molecule has 2 amide bonds. The van der Waals surface area contributed by atoms with E-state index >= 15 is 0 Å². The third kappa shape index (κ3) is 7.97. The summed E-state index contributed by atoms with van der Waals surface area (Å²) < 4.78 is 27.9. The van der Waals surface area contributed by atoms with E-state index in [0.29, 0.717) is 27.7 Å². The lowest BCUT2D eigenvalue weighted by Crippen LogP contribution is -2.54. The van der Waals surface area contributed by atoms with Gasteiger partial charge < -0.3 is 10.2 Å².